The van der Waals surface area contributed by atoms with E-state index in [2.05, 4.69) is 6.92 Å². The molecule has 0 saturated heterocycles. The molecule has 2 saturated carbocycles. The summed E-state index contributed by atoms with van der Waals surface area (Å²) in [6.07, 6.45) is 5.58. The Morgan fingerprint density at radius 2 is 2.09 bits per heavy atom. The van der Waals surface area contributed by atoms with Gasteiger partial charge in [0.15, 0.2) is 0 Å². The van der Waals surface area contributed by atoms with Crippen molar-refractivity contribution >= 4 is 0 Å². The zero-order valence-corrected chi connectivity index (χ0v) is 7.29. The molecule has 2 aliphatic carbocycles. The van der Waals surface area contributed by atoms with E-state index >= 15 is 0 Å². The lowest BCUT2D eigenvalue weighted by Gasteiger charge is -2.18. The first kappa shape index (κ1) is 7.60. The van der Waals surface area contributed by atoms with Gasteiger partial charge >= 0.3 is 0 Å². The molecule has 1 N–H and O–H groups in total. The summed E-state index contributed by atoms with van der Waals surface area (Å²) in [5.74, 6) is 3.51. The first-order valence-electron chi connectivity index (χ1n) is 4.97. The first-order valence-corrected chi connectivity index (χ1v) is 4.97. The minimum absolute atomic E-state index is 0.450. The SMILES string of the molecule is CCC1CCC2C(CO)C2C1. The van der Waals surface area contributed by atoms with Crippen molar-refractivity contribution in [1.82, 2.24) is 0 Å². The fraction of sp³-hybridized carbons (Fsp3) is 1.00. The highest BCUT2D eigenvalue weighted by molar-refractivity contribution is 5.00. The van der Waals surface area contributed by atoms with Gasteiger partial charge in [-0.25, -0.2) is 0 Å². The quantitative estimate of drug-likeness (QED) is 0.645. The van der Waals surface area contributed by atoms with Crippen LogP contribution >= 0.6 is 0 Å². The average Bonchev–Trinajstić information content (AvgIpc) is 2.76. The van der Waals surface area contributed by atoms with E-state index in [1.807, 2.05) is 0 Å². The average molecular weight is 154 g/mol. The molecular weight excluding hydrogens is 136 g/mol. The van der Waals surface area contributed by atoms with Crippen molar-refractivity contribution in [2.45, 2.75) is 32.6 Å². The molecule has 4 atom stereocenters. The number of aliphatic hydroxyl groups excluding tert-OH is 1. The Labute approximate surface area is 68.8 Å². The number of fused-ring (bicyclic) bond motifs is 1. The van der Waals surface area contributed by atoms with Crippen molar-refractivity contribution in [1.29, 1.82) is 0 Å². The molecule has 2 fully saturated rings. The van der Waals surface area contributed by atoms with Gasteiger partial charge < -0.3 is 5.11 Å². The standard InChI is InChI=1S/C10H18O/c1-2-7-3-4-8-9(5-7)10(8)6-11/h7-11H,2-6H2,1H3. The highest BCUT2D eigenvalue weighted by Crippen LogP contribution is 2.56. The molecule has 0 aromatic carbocycles. The van der Waals surface area contributed by atoms with Crippen molar-refractivity contribution in [3.05, 3.63) is 0 Å². The third-order valence-corrected chi connectivity index (χ3v) is 3.81. The molecular formula is C10H18O. The van der Waals surface area contributed by atoms with Crippen LogP contribution in [0.25, 0.3) is 0 Å². The second kappa shape index (κ2) is 2.78. The summed E-state index contributed by atoms with van der Waals surface area (Å²) in [4.78, 5) is 0. The van der Waals surface area contributed by atoms with Crippen LogP contribution in [0.15, 0.2) is 0 Å². The Kier molecular flexibility index (Phi) is 1.92. The lowest BCUT2D eigenvalue weighted by molar-refractivity contribution is 0.263. The Morgan fingerprint density at radius 3 is 2.73 bits per heavy atom. The summed E-state index contributed by atoms with van der Waals surface area (Å²) >= 11 is 0. The maximum atomic E-state index is 9.00. The van der Waals surface area contributed by atoms with Crippen LogP contribution in [0.1, 0.15) is 32.6 Å². The zero-order valence-electron chi connectivity index (χ0n) is 7.29. The van der Waals surface area contributed by atoms with Crippen molar-refractivity contribution < 1.29 is 5.11 Å². The van der Waals surface area contributed by atoms with Crippen molar-refractivity contribution in [2.75, 3.05) is 6.61 Å². The molecule has 0 amide bonds. The lowest BCUT2D eigenvalue weighted by atomic mass is 9.88. The Bertz CT molecular complexity index is 138. The van der Waals surface area contributed by atoms with Crippen LogP contribution in [0.3, 0.4) is 0 Å². The van der Waals surface area contributed by atoms with E-state index in [0.29, 0.717) is 12.5 Å². The van der Waals surface area contributed by atoms with E-state index in [4.69, 9.17) is 5.11 Å². The normalized spacial score (nSPS) is 48.5. The molecule has 0 aromatic heterocycles. The van der Waals surface area contributed by atoms with Gasteiger partial charge in [0.2, 0.25) is 0 Å². The molecule has 0 aliphatic heterocycles. The molecule has 64 valence electrons. The van der Waals surface area contributed by atoms with Crippen LogP contribution in [-0.2, 0) is 0 Å². The summed E-state index contributed by atoms with van der Waals surface area (Å²) in [6, 6.07) is 0. The van der Waals surface area contributed by atoms with Crippen LogP contribution in [0.5, 0.6) is 0 Å². The summed E-state index contributed by atoms with van der Waals surface area (Å²) < 4.78 is 0. The maximum Gasteiger partial charge on any atom is 0.0464 e. The van der Waals surface area contributed by atoms with Crippen LogP contribution in [0.2, 0.25) is 0 Å². The summed E-state index contributed by atoms with van der Waals surface area (Å²) in [5.41, 5.74) is 0. The second-order valence-electron chi connectivity index (χ2n) is 4.26. The van der Waals surface area contributed by atoms with Gasteiger partial charge in [-0.1, -0.05) is 19.8 Å². The highest BCUT2D eigenvalue weighted by atomic mass is 16.3. The van der Waals surface area contributed by atoms with E-state index in [9.17, 15) is 0 Å². The third-order valence-electron chi connectivity index (χ3n) is 3.81. The van der Waals surface area contributed by atoms with Gasteiger partial charge in [-0.05, 0) is 36.5 Å². The van der Waals surface area contributed by atoms with Gasteiger partial charge in [0, 0.05) is 6.61 Å². The van der Waals surface area contributed by atoms with Crippen molar-refractivity contribution in [3.63, 3.8) is 0 Å². The van der Waals surface area contributed by atoms with Gasteiger partial charge in [0.25, 0.3) is 0 Å². The fourth-order valence-corrected chi connectivity index (χ4v) is 2.87. The predicted octanol–water partition coefficient (Wildman–Crippen LogP) is 2.05. The molecule has 0 radical (unpaired) electrons. The predicted molar refractivity (Wildman–Crippen MR) is 45.2 cm³/mol. The van der Waals surface area contributed by atoms with E-state index < -0.39 is 0 Å². The topological polar surface area (TPSA) is 20.2 Å². The zero-order chi connectivity index (χ0) is 7.84. The minimum atomic E-state index is 0.450. The fourth-order valence-electron chi connectivity index (χ4n) is 2.87. The highest BCUT2D eigenvalue weighted by Gasteiger charge is 2.51. The Morgan fingerprint density at radius 1 is 1.27 bits per heavy atom. The smallest absolute Gasteiger partial charge is 0.0464 e. The van der Waals surface area contributed by atoms with E-state index in [1.54, 1.807) is 0 Å². The third kappa shape index (κ3) is 1.20. The number of hydrogen-bond acceptors (Lipinski definition) is 1. The van der Waals surface area contributed by atoms with E-state index in [0.717, 1.165) is 17.8 Å². The van der Waals surface area contributed by atoms with Gasteiger partial charge in [0.1, 0.15) is 0 Å². The molecule has 11 heavy (non-hydrogen) atoms. The van der Waals surface area contributed by atoms with Crippen LogP contribution in [0.4, 0.5) is 0 Å². The molecule has 0 aromatic rings. The molecule has 1 nitrogen and oxygen atoms in total. The van der Waals surface area contributed by atoms with Gasteiger partial charge in [-0.2, -0.15) is 0 Å². The van der Waals surface area contributed by atoms with Gasteiger partial charge in [-0.15, -0.1) is 0 Å². The van der Waals surface area contributed by atoms with Crippen molar-refractivity contribution in [2.24, 2.45) is 23.7 Å². The van der Waals surface area contributed by atoms with Crippen LogP contribution in [0, 0.1) is 23.7 Å². The van der Waals surface area contributed by atoms with Gasteiger partial charge in [0.05, 0.1) is 0 Å². The second-order valence-corrected chi connectivity index (χ2v) is 4.26. The molecule has 0 bridgehead atoms. The van der Waals surface area contributed by atoms with Crippen molar-refractivity contribution in [3.8, 4) is 0 Å². The molecule has 0 spiro atoms. The lowest BCUT2D eigenvalue weighted by Crippen LogP contribution is -2.06. The summed E-state index contributed by atoms with van der Waals surface area (Å²) in [5, 5.41) is 9.00. The minimum Gasteiger partial charge on any atom is -0.396 e. The Hall–Kier alpha value is -0.0400. The largest absolute Gasteiger partial charge is 0.396 e. The molecule has 0 heterocycles. The first-order chi connectivity index (χ1) is 5.36. The number of hydrogen-bond donors (Lipinski definition) is 1. The molecule has 2 rings (SSSR count). The molecule has 2 aliphatic rings. The van der Waals surface area contributed by atoms with E-state index in [-0.39, 0.29) is 0 Å². The van der Waals surface area contributed by atoms with Crippen LogP contribution < -0.4 is 0 Å². The molecule has 1 heteroatoms. The van der Waals surface area contributed by atoms with E-state index in [1.165, 1.54) is 25.7 Å². The Balaban J connectivity index is 1.86. The molecule has 4 unspecified atom stereocenters. The maximum absolute atomic E-state index is 9.00. The number of rotatable bonds is 2. The van der Waals surface area contributed by atoms with Crippen LogP contribution in [-0.4, -0.2) is 11.7 Å². The van der Waals surface area contributed by atoms with Gasteiger partial charge in [-0.3, -0.25) is 0 Å². The summed E-state index contributed by atoms with van der Waals surface area (Å²) in [6.45, 7) is 2.74. The monoisotopic (exact) mass is 154 g/mol. The number of aliphatic hydroxyl groups is 1. The summed E-state index contributed by atoms with van der Waals surface area (Å²) in [7, 11) is 0.